The van der Waals surface area contributed by atoms with E-state index < -0.39 is 11.9 Å². The van der Waals surface area contributed by atoms with Crippen molar-refractivity contribution < 1.29 is 14.7 Å². The van der Waals surface area contributed by atoms with E-state index in [1.165, 1.54) is 9.13 Å². The lowest BCUT2D eigenvalue weighted by Gasteiger charge is -2.21. The lowest BCUT2D eigenvalue weighted by atomic mass is 10.1. The highest BCUT2D eigenvalue weighted by Crippen LogP contribution is 2.23. The molecule has 2 N–H and O–H groups in total. The van der Waals surface area contributed by atoms with Crippen molar-refractivity contribution in [1.82, 2.24) is 14.5 Å². The van der Waals surface area contributed by atoms with Crippen molar-refractivity contribution in [3.63, 3.8) is 0 Å². The number of benzene rings is 1. The first kappa shape index (κ1) is 13.6. The Morgan fingerprint density at radius 2 is 2.05 bits per heavy atom. The fourth-order valence-corrected chi connectivity index (χ4v) is 2.74. The number of aliphatic hydroxyl groups excluding tert-OH is 1. The minimum atomic E-state index is -0.682. The molecule has 2 aromatic rings. The van der Waals surface area contributed by atoms with E-state index in [9.17, 15) is 19.5 Å². The molecule has 3 rings (SSSR count). The number of piperidine rings is 1. The van der Waals surface area contributed by atoms with Crippen molar-refractivity contribution in [3.8, 4) is 0 Å². The summed E-state index contributed by atoms with van der Waals surface area (Å²) in [5.74, 6) is -0.765. The highest BCUT2D eigenvalue weighted by atomic mass is 16.3. The van der Waals surface area contributed by atoms with Gasteiger partial charge in [-0.25, -0.2) is 4.79 Å². The van der Waals surface area contributed by atoms with Gasteiger partial charge in [-0.15, -0.1) is 0 Å². The second-order valence-electron chi connectivity index (χ2n) is 5.16. The Morgan fingerprint density at radius 3 is 2.71 bits per heavy atom. The number of aromatic nitrogens is 2. The number of imidazole rings is 1. The molecule has 0 aliphatic carbocycles. The fraction of sp³-hybridized carbons (Fsp3) is 0.357. The first-order chi connectivity index (χ1) is 10.0. The minimum Gasteiger partial charge on any atom is -0.392 e. The molecule has 0 radical (unpaired) electrons. The van der Waals surface area contributed by atoms with Gasteiger partial charge in [0.2, 0.25) is 11.8 Å². The topological polar surface area (TPSA) is 93.3 Å². The van der Waals surface area contributed by atoms with Crippen LogP contribution in [0.2, 0.25) is 0 Å². The summed E-state index contributed by atoms with van der Waals surface area (Å²) in [6.45, 7) is -0.117. The summed E-state index contributed by atoms with van der Waals surface area (Å²) in [6, 6.07) is 4.47. The van der Waals surface area contributed by atoms with Gasteiger partial charge in [0.25, 0.3) is 0 Å². The first-order valence-corrected chi connectivity index (χ1v) is 6.67. The normalized spacial score (nSPS) is 19.0. The molecule has 2 heterocycles. The zero-order valence-corrected chi connectivity index (χ0v) is 11.5. The molecule has 0 spiro atoms. The third-order valence-corrected chi connectivity index (χ3v) is 3.86. The predicted molar refractivity (Wildman–Crippen MR) is 74.5 cm³/mol. The lowest BCUT2D eigenvalue weighted by Crippen LogP contribution is -2.44. The quantitative estimate of drug-likeness (QED) is 0.749. The average molecular weight is 289 g/mol. The van der Waals surface area contributed by atoms with E-state index in [4.69, 9.17) is 0 Å². The zero-order valence-electron chi connectivity index (χ0n) is 11.5. The number of rotatable bonds is 2. The maximum absolute atomic E-state index is 12.4. The lowest BCUT2D eigenvalue weighted by molar-refractivity contribution is -0.135. The van der Waals surface area contributed by atoms with Crippen LogP contribution < -0.4 is 11.0 Å². The molecule has 1 aromatic carbocycles. The third-order valence-electron chi connectivity index (χ3n) is 3.86. The zero-order chi connectivity index (χ0) is 15.1. The summed E-state index contributed by atoms with van der Waals surface area (Å²) in [5.41, 5.74) is 1.65. The molecule has 1 fully saturated rings. The Labute approximate surface area is 119 Å². The summed E-state index contributed by atoms with van der Waals surface area (Å²) < 4.78 is 2.86. The SMILES string of the molecule is Cn1c(=O)n(C2CCC(=O)NC2=O)c2ccc(CO)cc21. The van der Waals surface area contributed by atoms with Gasteiger partial charge in [0.15, 0.2) is 0 Å². The van der Waals surface area contributed by atoms with Crippen LogP contribution in [0.25, 0.3) is 11.0 Å². The highest BCUT2D eigenvalue weighted by Gasteiger charge is 2.31. The van der Waals surface area contributed by atoms with Crippen LogP contribution in [0.4, 0.5) is 0 Å². The maximum atomic E-state index is 12.4. The van der Waals surface area contributed by atoms with E-state index in [0.717, 1.165) is 0 Å². The van der Waals surface area contributed by atoms with Crippen LogP contribution in [-0.4, -0.2) is 26.1 Å². The Balaban J connectivity index is 2.19. The Hall–Kier alpha value is -2.41. The van der Waals surface area contributed by atoms with E-state index in [2.05, 4.69) is 5.32 Å². The molecular weight excluding hydrogens is 274 g/mol. The molecule has 2 amide bonds. The highest BCUT2D eigenvalue weighted by molar-refractivity contribution is 6.00. The molecule has 1 unspecified atom stereocenters. The van der Waals surface area contributed by atoms with E-state index in [0.29, 0.717) is 23.0 Å². The summed E-state index contributed by atoms with van der Waals surface area (Å²) >= 11 is 0. The van der Waals surface area contributed by atoms with Crippen LogP contribution in [0.1, 0.15) is 24.4 Å². The summed E-state index contributed by atoms with van der Waals surface area (Å²) in [5, 5.41) is 11.5. The number of carbonyl (C=O) groups excluding carboxylic acids is 2. The van der Waals surface area contributed by atoms with Gasteiger partial charge in [-0.05, 0) is 24.1 Å². The number of amides is 2. The third kappa shape index (κ3) is 2.06. The van der Waals surface area contributed by atoms with Crippen molar-refractivity contribution in [2.75, 3.05) is 0 Å². The summed E-state index contributed by atoms with van der Waals surface area (Å²) in [7, 11) is 1.62. The summed E-state index contributed by atoms with van der Waals surface area (Å²) in [6.07, 6.45) is 0.527. The minimum absolute atomic E-state index is 0.117. The number of aliphatic hydroxyl groups is 1. The van der Waals surface area contributed by atoms with Crippen molar-refractivity contribution in [3.05, 3.63) is 34.2 Å². The van der Waals surface area contributed by atoms with Crippen LogP contribution in [0, 0.1) is 0 Å². The molecule has 0 bridgehead atoms. The molecule has 7 nitrogen and oxygen atoms in total. The molecule has 1 aliphatic rings. The number of carbonyl (C=O) groups is 2. The molecule has 110 valence electrons. The molecule has 1 aliphatic heterocycles. The van der Waals surface area contributed by atoms with Crippen LogP contribution in [0.15, 0.2) is 23.0 Å². The largest absolute Gasteiger partial charge is 0.392 e. The Bertz CT molecular complexity index is 802. The van der Waals surface area contributed by atoms with Crippen molar-refractivity contribution in [2.24, 2.45) is 7.05 Å². The molecule has 1 atom stereocenters. The van der Waals surface area contributed by atoms with Crippen molar-refractivity contribution in [1.29, 1.82) is 0 Å². The number of aryl methyl sites for hydroxylation is 1. The van der Waals surface area contributed by atoms with Crippen molar-refractivity contribution in [2.45, 2.75) is 25.5 Å². The molecule has 21 heavy (non-hydrogen) atoms. The number of hydrogen-bond donors (Lipinski definition) is 2. The molecule has 1 saturated heterocycles. The van der Waals surface area contributed by atoms with Gasteiger partial charge in [-0.3, -0.25) is 24.0 Å². The average Bonchev–Trinajstić information content (AvgIpc) is 2.71. The van der Waals surface area contributed by atoms with Gasteiger partial charge in [-0.2, -0.15) is 0 Å². The van der Waals surface area contributed by atoms with Gasteiger partial charge < -0.3 is 5.11 Å². The molecule has 7 heteroatoms. The van der Waals surface area contributed by atoms with Crippen LogP contribution in [0.3, 0.4) is 0 Å². The van der Waals surface area contributed by atoms with Gasteiger partial charge in [0.05, 0.1) is 17.6 Å². The monoisotopic (exact) mass is 289 g/mol. The molecular formula is C14H15N3O4. The number of nitrogens with one attached hydrogen (secondary N) is 1. The second-order valence-corrected chi connectivity index (χ2v) is 5.16. The number of imide groups is 1. The van der Waals surface area contributed by atoms with Gasteiger partial charge >= 0.3 is 5.69 Å². The standard InChI is InChI=1S/C14H15N3O4/c1-16-11-6-8(7-18)2-3-9(11)17(14(16)21)10-4-5-12(19)15-13(10)20/h2-3,6,10,18H,4-5,7H2,1H3,(H,15,19,20). The van der Waals surface area contributed by atoms with Gasteiger partial charge in [-0.1, -0.05) is 6.07 Å². The van der Waals surface area contributed by atoms with E-state index in [1.54, 1.807) is 25.2 Å². The van der Waals surface area contributed by atoms with E-state index in [-0.39, 0.29) is 24.6 Å². The number of nitrogens with zero attached hydrogens (tertiary/aromatic N) is 2. The second kappa shape index (κ2) is 4.85. The van der Waals surface area contributed by atoms with Crippen LogP contribution in [0.5, 0.6) is 0 Å². The Kier molecular flexibility index (Phi) is 3.13. The smallest absolute Gasteiger partial charge is 0.329 e. The predicted octanol–water partition coefficient (Wildman–Crippen LogP) is -0.190. The summed E-state index contributed by atoms with van der Waals surface area (Å²) in [4.78, 5) is 35.6. The van der Waals surface area contributed by atoms with Crippen LogP contribution >= 0.6 is 0 Å². The fourth-order valence-electron chi connectivity index (χ4n) is 2.74. The van der Waals surface area contributed by atoms with E-state index in [1.807, 2.05) is 0 Å². The Morgan fingerprint density at radius 1 is 1.29 bits per heavy atom. The first-order valence-electron chi connectivity index (χ1n) is 6.67. The van der Waals surface area contributed by atoms with E-state index >= 15 is 0 Å². The number of fused-ring (bicyclic) bond motifs is 1. The van der Waals surface area contributed by atoms with Crippen molar-refractivity contribution >= 4 is 22.8 Å². The van der Waals surface area contributed by atoms with Crippen LogP contribution in [-0.2, 0) is 23.2 Å². The van der Waals surface area contributed by atoms with Gasteiger partial charge in [0.1, 0.15) is 6.04 Å². The van der Waals surface area contributed by atoms with Gasteiger partial charge in [0, 0.05) is 13.5 Å². The molecule has 0 saturated carbocycles. The maximum Gasteiger partial charge on any atom is 0.329 e. The molecule has 1 aromatic heterocycles. The number of hydrogen-bond acceptors (Lipinski definition) is 4.